The molecule has 5 aliphatic rings. The summed E-state index contributed by atoms with van der Waals surface area (Å²) in [4.78, 5) is 77.5. The van der Waals surface area contributed by atoms with E-state index in [4.69, 9.17) is 14.5 Å². The van der Waals surface area contributed by atoms with E-state index in [1.165, 1.54) is 24.3 Å². The van der Waals surface area contributed by atoms with Gasteiger partial charge in [-0.1, -0.05) is 6.07 Å². The molecular weight excluding hydrogens is 882 g/mol. The molecule has 1 aliphatic carbocycles. The van der Waals surface area contributed by atoms with Crippen LogP contribution in [0.5, 0.6) is 17.2 Å². The molecule has 4 aliphatic heterocycles. The zero-order valence-electron chi connectivity index (χ0n) is 38.6. The van der Waals surface area contributed by atoms with Crippen LogP contribution in [-0.2, 0) is 25.7 Å². The molecular formula is C52H56FN9O7. The first-order valence-corrected chi connectivity index (χ1v) is 23.9. The lowest BCUT2D eigenvalue weighted by molar-refractivity contribution is -0.137. The van der Waals surface area contributed by atoms with Crippen LogP contribution in [0.2, 0.25) is 0 Å². The van der Waals surface area contributed by atoms with Crippen LogP contribution in [0, 0.1) is 17.2 Å². The van der Waals surface area contributed by atoms with Crippen molar-refractivity contribution in [3.63, 3.8) is 0 Å². The van der Waals surface area contributed by atoms with Gasteiger partial charge < -0.3 is 40.1 Å². The first-order valence-electron chi connectivity index (χ1n) is 23.9. The van der Waals surface area contributed by atoms with Gasteiger partial charge in [-0.2, -0.15) is 0 Å². The van der Waals surface area contributed by atoms with Gasteiger partial charge >= 0.3 is 0 Å². The molecule has 0 unspecified atom stereocenters. The molecule has 4 aromatic carbocycles. The molecule has 17 heteroatoms. The molecule has 5 amide bonds. The summed E-state index contributed by atoms with van der Waals surface area (Å²) in [6.45, 7) is 8.92. The summed E-state index contributed by atoms with van der Waals surface area (Å²) in [6.07, 6.45) is 5.32. The molecule has 1 aromatic heterocycles. The van der Waals surface area contributed by atoms with Crippen LogP contribution in [0.3, 0.4) is 0 Å². The van der Waals surface area contributed by atoms with Crippen molar-refractivity contribution in [2.75, 3.05) is 86.9 Å². The number of nitrogens with zero attached hydrogens (tertiary/aromatic N) is 5. The third-order valence-corrected chi connectivity index (χ3v) is 14.3. The zero-order chi connectivity index (χ0) is 47.6. The second-order valence-electron chi connectivity index (χ2n) is 18.7. The molecule has 5 aromatic rings. The zero-order valence-corrected chi connectivity index (χ0v) is 38.6. The maximum Gasteiger partial charge on any atom is 0.255 e. The Balaban J connectivity index is 0.677. The van der Waals surface area contributed by atoms with Gasteiger partial charge in [-0.3, -0.25) is 39.2 Å². The van der Waals surface area contributed by atoms with Gasteiger partial charge in [0.05, 0.1) is 18.3 Å². The number of rotatable bonds is 15. The number of aromatic nitrogens is 1. The Bertz CT molecular complexity index is 2770. The van der Waals surface area contributed by atoms with Gasteiger partial charge in [0.25, 0.3) is 5.91 Å². The van der Waals surface area contributed by atoms with E-state index in [0.29, 0.717) is 60.2 Å². The topological polar surface area (TPSA) is 178 Å². The highest BCUT2D eigenvalue weighted by Gasteiger charge is 2.56. The summed E-state index contributed by atoms with van der Waals surface area (Å²) in [5, 5.41) is 12.3. The van der Waals surface area contributed by atoms with E-state index in [1.807, 2.05) is 30.3 Å². The van der Waals surface area contributed by atoms with Crippen LogP contribution < -0.4 is 35.6 Å². The van der Waals surface area contributed by atoms with Crippen molar-refractivity contribution in [1.29, 1.82) is 0 Å². The second kappa shape index (κ2) is 19.5. The summed E-state index contributed by atoms with van der Waals surface area (Å²) < 4.78 is 25.6. The lowest BCUT2D eigenvalue weighted by Crippen LogP contribution is -2.52. The van der Waals surface area contributed by atoms with Crippen LogP contribution in [0.4, 0.5) is 27.1 Å². The largest absolute Gasteiger partial charge is 0.495 e. The standard InChI is InChI=1S/C52H56FN9O7/c1-68-46-29-39-42(54-20-15-45(39)69-37-11-9-36(10-12-37)57-51(67)52(18-19-52)50(66)56-35-7-5-34(53)6-8-35)30-44(46)61-22-16-33(17-23-61)31-60-27-25-59(26-28-60)24-21-55-41-4-2-3-38-40(41)32-62(49(38)65)43-13-14-47(63)58-48(43)64/h2-12,15,20,29-30,33,43,55H,13-14,16-19,21-28,31-32H2,1H3,(H,56,66)(H,57,67)(H,58,63,64)/t43-/m0/s1. The predicted molar refractivity (Wildman–Crippen MR) is 259 cm³/mol. The number of pyridine rings is 1. The number of amides is 5. The molecule has 4 N–H and O–H groups in total. The maximum atomic E-state index is 13.3. The molecule has 4 fully saturated rings. The fraction of sp³-hybridized carbons (Fsp3) is 0.385. The van der Waals surface area contributed by atoms with Crippen molar-refractivity contribution >= 4 is 63.2 Å². The van der Waals surface area contributed by atoms with Gasteiger partial charge in [0, 0.05) is 112 Å². The van der Waals surface area contributed by atoms with E-state index in [-0.39, 0.29) is 18.2 Å². The van der Waals surface area contributed by atoms with Crippen molar-refractivity contribution < 1.29 is 37.8 Å². The monoisotopic (exact) mass is 937 g/mol. The SMILES string of the molecule is COc1cc2c(Oc3ccc(NC(=O)C4(C(=O)Nc5ccc(F)cc5)CC4)cc3)ccnc2cc1N1CCC(CN2CCN(CCNc3cccc4c3CN([C@H]3CCC(=O)NC3=O)C4=O)CC2)CC1. The third-order valence-electron chi connectivity index (χ3n) is 14.3. The number of imide groups is 1. The van der Waals surface area contributed by atoms with Gasteiger partial charge in [0.2, 0.25) is 23.6 Å². The van der Waals surface area contributed by atoms with Crippen LogP contribution in [0.1, 0.15) is 54.4 Å². The second-order valence-corrected chi connectivity index (χ2v) is 18.7. The van der Waals surface area contributed by atoms with Crippen LogP contribution >= 0.6 is 0 Å². The number of methoxy groups -OCH3 is 1. The number of hydrogen-bond donors (Lipinski definition) is 4. The number of halogens is 1. The Hall–Kier alpha value is -7.11. The van der Waals surface area contributed by atoms with Gasteiger partial charge in [0.15, 0.2) is 0 Å². The number of benzene rings is 4. The first kappa shape index (κ1) is 45.7. The maximum absolute atomic E-state index is 13.3. The van der Waals surface area contributed by atoms with E-state index >= 15 is 0 Å². The lowest BCUT2D eigenvalue weighted by Gasteiger charge is -2.39. The highest BCUT2D eigenvalue weighted by atomic mass is 19.1. The number of carbonyl (C=O) groups is 5. The van der Waals surface area contributed by atoms with Crippen LogP contribution in [-0.4, -0.2) is 121 Å². The van der Waals surface area contributed by atoms with E-state index in [9.17, 15) is 28.4 Å². The first-order chi connectivity index (χ1) is 33.5. The van der Waals surface area contributed by atoms with Crippen LogP contribution in [0.25, 0.3) is 10.9 Å². The molecule has 1 atom stereocenters. The molecule has 3 saturated heterocycles. The van der Waals surface area contributed by atoms with Crippen LogP contribution in [0.15, 0.2) is 91.1 Å². The van der Waals surface area contributed by atoms with Crippen molar-refractivity contribution in [3.8, 4) is 17.2 Å². The summed E-state index contributed by atoms with van der Waals surface area (Å²) in [5.41, 5.74) is 4.03. The number of carbonyl (C=O) groups excluding carboxylic acids is 5. The number of ether oxygens (including phenoxy) is 2. The average molecular weight is 938 g/mol. The van der Waals surface area contributed by atoms with E-state index < -0.39 is 35.0 Å². The van der Waals surface area contributed by atoms with Crippen molar-refractivity contribution in [3.05, 3.63) is 108 Å². The number of fused-ring (bicyclic) bond motifs is 2. The number of piperazine rings is 1. The highest BCUT2D eigenvalue weighted by molar-refractivity contribution is 6.17. The lowest BCUT2D eigenvalue weighted by atomic mass is 9.95. The predicted octanol–water partition coefficient (Wildman–Crippen LogP) is 6.24. The number of hydrogen-bond acceptors (Lipinski definition) is 12. The fourth-order valence-corrected chi connectivity index (χ4v) is 10.1. The molecule has 10 rings (SSSR count). The molecule has 358 valence electrons. The molecule has 0 bridgehead atoms. The molecule has 16 nitrogen and oxygen atoms in total. The van der Waals surface area contributed by atoms with Crippen molar-refractivity contribution in [1.82, 2.24) is 25.0 Å². The fourth-order valence-electron chi connectivity index (χ4n) is 10.1. The number of piperidine rings is 2. The Kier molecular flexibility index (Phi) is 12.9. The number of nitrogens with one attached hydrogen (secondary N) is 4. The van der Waals surface area contributed by atoms with E-state index in [1.54, 1.807) is 42.5 Å². The average Bonchev–Trinajstić information content (AvgIpc) is 4.12. The minimum atomic E-state index is -1.17. The van der Waals surface area contributed by atoms with E-state index in [2.05, 4.69) is 42.0 Å². The molecule has 5 heterocycles. The summed E-state index contributed by atoms with van der Waals surface area (Å²) >= 11 is 0. The highest BCUT2D eigenvalue weighted by Crippen LogP contribution is 2.48. The van der Waals surface area contributed by atoms with Gasteiger partial charge in [-0.25, -0.2) is 4.39 Å². The molecule has 69 heavy (non-hydrogen) atoms. The summed E-state index contributed by atoms with van der Waals surface area (Å²) in [5.74, 6) is 0.461. The van der Waals surface area contributed by atoms with Gasteiger partial charge in [0.1, 0.15) is 34.5 Å². The third kappa shape index (κ3) is 9.79. The molecule has 1 saturated carbocycles. The normalized spacial score (nSPS) is 19.5. The Morgan fingerprint density at radius 3 is 2.20 bits per heavy atom. The quantitative estimate of drug-likeness (QED) is 0.0688. The van der Waals surface area contributed by atoms with Crippen molar-refractivity contribution in [2.45, 2.75) is 51.1 Å². The Morgan fingerprint density at radius 1 is 0.826 bits per heavy atom. The smallest absolute Gasteiger partial charge is 0.255 e. The summed E-state index contributed by atoms with van der Waals surface area (Å²) in [7, 11) is 1.68. The van der Waals surface area contributed by atoms with Gasteiger partial charge in [-0.15, -0.1) is 0 Å². The Morgan fingerprint density at radius 2 is 1.52 bits per heavy atom. The Labute approximate surface area is 399 Å². The summed E-state index contributed by atoms with van der Waals surface area (Å²) in [6, 6.07) is 23.4. The van der Waals surface area contributed by atoms with Gasteiger partial charge in [-0.05, 0) is 117 Å². The van der Waals surface area contributed by atoms with Crippen molar-refractivity contribution in [2.24, 2.45) is 11.3 Å². The molecule has 0 radical (unpaired) electrons. The minimum absolute atomic E-state index is 0.163. The minimum Gasteiger partial charge on any atom is -0.495 e. The number of anilines is 4. The molecule has 0 spiro atoms. The van der Waals surface area contributed by atoms with E-state index in [0.717, 1.165) is 105 Å².